The van der Waals surface area contributed by atoms with Gasteiger partial charge in [-0.15, -0.1) is 9.35 Å². The Bertz CT molecular complexity index is 612. The van der Waals surface area contributed by atoms with E-state index in [1.807, 2.05) is 13.8 Å². The number of imide groups is 1. The Kier molecular flexibility index (Phi) is 4.21. The number of hydroxylamine groups is 2. The van der Waals surface area contributed by atoms with Crippen molar-refractivity contribution in [1.29, 1.82) is 0 Å². The maximum Gasteiger partial charge on any atom is 0.328 e. The number of fused-ring (bicyclic) bond motifs is 2. The van der Waals surface area contributed by atoms with Gasteiger partial charge in [-0.25, -0.2) is 0 Å². The quantitative estimate of drug-likeness (QED) is 0.694. The molecular weight excluding hydrogens is 334 g/mol. The molecule has 3 fully saturated rings. The monoisotopic (exact) mass is 357 g/mol. The van der Waals surface area contributed by atoms with E-state index < -0.39 is 40.4 Å². The minimum absolute atomic E-state index is 0.0245. The molecule has 0 aromatic carbocycles. The Hall–Kier alpha value is -1.12. The van der Waals surface area contributed by atoms with E-state index in [0.29, 0.717) is 23.8 Å². The molecule has 8 heteroatoms. The predicted octanol–water partition coefficient (Wildman–Crippen LogP) is 1.55. The summed E-state index contributed by atoms with van der Waals surface area (Å²) in [6.45, 7) is 7.30. The van der Waals surface area contributed by atoms with Crippen LogP contribution in [-0.4, -0.2) is 33.5 Å². The van der Waals surface area contributed by atoms with Gasteiger partial charge >= 0.3 is 11.4 Å². The van der Waals surface area contributed by atoms with Gasteiger partial charge in [-0.2, -0.15) is 4.21 Å². The fourth-order valence-electron chi connectivity index (χ4n) is 4.32. The summed E-state index contributed by atoms with van der Waals surface area (Å²) in [5, 5.41) is 0.530. The van der Waals surface area contributed by atoms with E-state index in [0.717, 1.165) is 6.42 Å². The van der Waals surface area contributed by atoms with Gasteiger partial charge in [0.1, 0.15) is 5.78 Å². The number of hydrogen-bond donors (Lipinski definition) is 0. The summed E-state index contributed by atoms with van der Waals surface area (Å²) in [6, 6.07) is 0. The number of hydrogen-bond acceptors (Lipinski definition) is 6. The molecule has 3 rings (SSSR count). The van der Waals surface area contributed by atoms with Crippen LogP contribution in [0.4, 0.5) is 0 Å². The molecule has 0 aromatic rings. The maximum absolute atomic E-state index is 12.4. The van der Waals surface area contributed by atoms with Crippen molar-refractivity contribution >= 4 is 29.0 Å². The molecule has 7 nitrogen and oxygen atoms in total. The SMILES string of the molecule is CC1C(=O)N(OS(=O)OCC23CCC(CC2=O)C3(C)C)C(=O)C1C. The minimum Gasteiger partial charge on any atom is -0.299 e. The lowest BCUT2D eigenvalue weighted by Crippen LogP contribution is -2.41. The number of carbonyl (C=O) groups excluding carboxylic acids is 3. The molecule has 1 saturated heterocycles. The van der Waals surface area contributed by atoms with E-state index >= 15 is 0 Å². The first-order chi connectivity index (χ1) is 11.1. The molecule has 5 unspecified atom stereocenters. The second-order valence-corrected chi connectivity index (χ2v) is 8.55. The third kappa shape index (κ3) is 2.30. The van der Waals surface area contributed by atoms with E-state index in [1.54, 1.807) is 13.8 Å². The molecule has 0 N–H and O–H groups in total. The smallest absolute Gasteiger partial charge is 0.299 e. The lowest BCUT2D eigenvalue weighted by Gasteiger charge is -2.35. The first kappa shape index (κ1) is 17.7. The van der Waals surface area contributed by atoms with Gasteiger partial charge in [0.2, 0.25) is 0 Å². The molecule has 1 heterocycles. The Morgan fingerprint density at radius 2 is 1.75 bits per heavy atom. The van der Waals surface area contributed by atoms with Crippen LogP contribution in [0.3, 0.4) is 0 Å². The van der Waals surface area contributed by atoms with Gasteiger partial charge in [0.05, 0.1) is 12.0 Å². The van der Waals surface area contributed by atoms with Crippen molar-refractivity contribution in [3.8, 4) is 0 Å². The van der Waals surface area contributed by atoms with Crippen LogP contribution in [0.25, 0.3) is 0 Å². The van der Waals surface area contributed by atoms with Gasteiger partial charge in [0, 0.05) is 18.3 Å². The molecular formula is C16H23NO6S. The summed E-state index contributed by atoms with van der Waals surface area (Å²) < 4.78 is 22.2. The number of nitrogens with zero attached hydrogens (tertiary/aromatic N) is 1. The minimum atomic E-state index is -2.30. The first-order valence-electron chi connectivity index (χ1n) is 8.26. The third-order valence-corrected chi connectivity index (χ3v) is 7.19. The van der Waals surface area contributed by atoms with Gasteiger partial charge in [-0.3, -0.25) is 18.6 Å². The number of amides is 2. The Morgan fingerprint density at radius 3 is 2.21 bits per heavy atom. The molecule has 2 saturated carbocycles. The summed E-state index contributed by atoms with van der Waals surface area (Å²) in [7, 11) is 0. The van der Waals surface area contributed by atoms with E-state index in [1.165, 1.54) is 0 Å². The molecule has 134 valence electrons. The molecule has 0 aromatic heterocycles. The fraction of sp³-hybridized carbons (Fsp3) is 0.812. The molecule has 2 bridgehead atoms. The van der Waals surface area contributed by atoms with Crippen LogP contribution in [0.1, 0.15) is 47.0 Å². The molecule has 2 amide bonds. The zero-order valence-corrected chi connectivity index (χ0v) is 15.2. The maximum atomic E-state index is 12.4. The topological polar surface area (TPSA) is 90.0 Å². The highest BCUT2D eigenvalue weighted by molar-refractivity contribution is 7.75. The number of Topliss-reactive ketones (excluding diaryl/α,β-unsaturated/α-hetero) is 1. The Balaban J connectivity index is 1.64. The van der Waals surface area contributed by atoms with Crippen molar-refractivity contribution in [1.82, 2.24) is 5.06 Å². The summed E-state index contributed by atoms with van der Waals surface area (Å²) >= 11 is -2.30. The van der Waals surface area contributed by atoms with Crippen molar-refractivity contribution in [3.63, 3.8) is 0 Å². The Morgan fingerprint density at radius 1 is 1.17 bits per heavy atom. The molecule has 24 heavy (non-hydrogen) atoms. The fourth-order valence-corrected chi connectivity index (χ4v) is 4.93. The van der Waals surface area contributed by atoms with E-state index in [4.69, 9.17) is 8.47 Å². The van der Waals surface area contributed by atoms with Crippen LogP contribution in [0, 0.1) is 28.6 Å². The lowest BCUT2D eigenvalue weighted by molar-refractivity contribution is -0.166. The van der Waals surface area contributed by atoms with Crippen LogP contribution in [-0.2, 0) is 34.2 Å². The van der Waals surface area contributed by atoms with Crippen molar-refractivity contribution in [3.05, 3.63) is 0 Å². The standard InChI is InChI=1S/C16H23NO6S/c1-9-10(2)14(20)17(13(9)19)23-24(21)22-8-16-6-5-11(7-12(16)18)15(16,3)4/h9-11H,5-8H2,1-4H3. The average Bonchev–Trinajstić information content (AvgIpc) is 2.96. The molecule has 2 aliphatic carbocycles. The van der Waals surface area contributed by atoms with Crippen LogP contribution >= 0.6 is 0 Å². The normalized spacial score (nSPS) is 39.1. The highest BCUT2D eigenvalue weighted by atomic mass is 32.2. The van der Waals surface area contributed by atoms with Crippen molar-refractivity contribution in [2.75, 3.05) is 6.61 Å². The van der Waals surface area contributed by atoms with Crippen molar-refractivity contribution < 1.29 is 27.1 Å². The highest BCUT2D eigenvalue weighted by Crippen LogP contribution is 2.63. The summed E-state index contributed by atoms with van der Waals surface area (Å²) in [5.41, 5.74) is -0.868. The second kappa shape index (κ2) is 5.71. The van der Waals surface area contributed by atoms with Crippen molar-refractivity contribution in [2.45, 2.75) is 47.0 Å². The number of ketones is 1. The molecule has 1 aliphatic heterocycles. The predicted molar refractivity (Wildman–Crippen MR) is 83.9 cm³/mol. The van der Waals surface area contributed by atoms with E-state index in [9.17, 15) is 18.6 Å². The van der Waals surface area contributed by atoms with Crippen LogP contribution in [0.2, 0.25) is 0 Å². The van der Waals surface area contributed by atoms with Gasteiger partial charge in [-0.05, 0) is 24.2 Å². The summed E-state index contributed by atoms with van der Waals surface area (Å²) in [4.78, 5) is 36.3. The van der Waals surface area contributed by atoms with Crippen LogP contribution in [0.15, 0.2) is 0 Å². The summed E-state index contributed by atoms with van der Waals surface area (Å²) in [6.07, 6.45) is 2.19. The molecule has 5 atom stereocenters. The number of rotatable bonds is 5. The zero-order valence-electron chi connectivity index (χ0n) is 14.4. The van der Waals surface area contributed by atoms with Gasteiger partial charge in [-0.1, -0.05) is 27.7 Å². The van der Waals surface area contributed by atoms with Gasteiger partial charge in [0.25, 0.3) is 11.8 Å². The molecule has 0 radical (unpaired) electrons. The largest absolute Gasteiger partial charge is 0.328 e. The lowest BCUT2D eigenvalue weighted by atomic mass is 9.69. The first-order valence-corrected chi connectivity index (χ1v) is 9.26. The Labute approximate surface area is 143 Å². The summed E-state index contributed by atoms with van der Waals surface area (Å²) in [5.74, 6) is -1.62. The van der Waals surface area contributed by atoms with Crippen molar-refractivity contribution in [2.24, 2.45) is 28.6 Å². The van der Waals surface area contributed by atoms with E-state index in [2.05, 4.69) is 0 Å². The molecule has 3 aliphatic rings. The second-order valence-electron chi connectivity index (χ2n) is 7.76. The van der Waals surface area contributed by atoms with E-state index in [-0.39, 0.29) is 17.8 Å². The highest BCUT2D eigenvalue weighted by Gasteiger charge is 2.64. The third-order valence-electron chi connectivity index (χ3n) is 6.61. The van der Waals surface area contributed by atoms with Crippen LogP contribution in [0.5, 0.6) is 0 Å². The average molecular weight is 357 g/mol. The van der Waals surface area contributed by atoms with Gasteiger partial charge < -0.3 is 0 Å². The van der Waals surface area contributed by atoms with Crippen LogP contribution < -0.4 is 0 Å². The zero-order chi connectivity index (χ0) is 17.9. The number of carbonyl (C=O) groups is 3. The molecule has 0 spiro atoms. The van der Waals surface area contributed by atoms with Gasteiger partial charge in [0.15, 0.2) is 0 Å².